The molecule has 0 aliphatic heterocycles. The van der Waals surface area contributed by atoms with Gasteiger partial charge in [-0.25, -0.2) is 0 Å². The van der Waals surface area contributed by atoms with Gasteiger partial charge in [0.15, 0.2) is 11.5 Å². The van der Waals surface area contributed by atoms with Crippen LogP contribution in [0.4, 0.5) is 4.39 Å². The van der Waals surface area contributed by atoms with Gasteiger partial charge in [-0.3, -0.25) is 0 Å². The molecule has 0 aliphatic carbocycles. The second-order valence-corrected chi connectivity index (χ2v) is 2.99. The number of ether oxygens (including phenoxy) is 2. The molecule has 1 aromatic carbocycles. The molecule has 1 atom stereocenters. The lowest BCUT2D eigenvalue weighted by Crippen LogP contribution is -2.08. The molecule has 0 aromatic heterocycles. The van der Waals surface area contributed by atoms with Gasteiger partial charge >= 0.3 is 0 Å². The first kappa shape index (κ1) is 10.8. The molecule has 1 unspecified atom stereocenters. The maximum absolute atomic E-state index is 13.6. The fourth-order valence-electron chi connectivity index (χ4n) is 1.28. The summed E-state index contributed by atoms with van der Waals surface area (Å²) >= 11 is 0. The van der Waals surface area contributed by atoms with Crippen molar-refractivity contribution in [3.8, 4) is 11.5 Å². The monoisotopic (exact) mass is 199 g/mol. The minimum Gasteiger partial charge on any atom is -0.494 e. The number of hydrogen-bond acceptors (Lipinski definition) is 3. The fourth-order valence-corrected chi connectivity index (χ4v) is 1.28. The Balaban J connectivity index is 3.28. The SMILES string of the molecule is COc1ccc(C(C)N)c(OC)c1F. The Hall–Kier alpha value is -1.29. The van der Waals surface area contributed by atoms with Crippen LogP contribution in [0.1, 0.15) is 18.5 Å². The molecule has 1 rings (SSSR count). The molecule has 1 aromatic rings. The molecule has 0 heterocycles. The van der Waals surface area contributed by atoms with E-state index in [9.17, 15) is 4.39 Å². The van der Waals surface area contributed by atoms with Gasteiger partial charge in [0.25, 0.3) is 0 Å². The predicted molar refractivity (Wildman–Crippen MR) is 52.1 cm³/mol. The van der Waals surface area contributed by atoms with Crippen LogP contribution in [0.25, 0.3) is 0 Å². The van der Waals surface area contributed by atoms with Crippen molar-refractivity contribution in [3.63, 3.8) is 0 Å². The van der Waals surface area contributed by atoms with E-state index >= 15 is 0 Å². The molecular formula is C10H14FNO2. The minimum atomic E-state index is -0.509. The normalized spacial score (nSPS) is 12.4. The van der Waals surface area contributed by atoms with Crippen molar-refractivity contribution < 1.29 is 13.9 Å². The third-order valence-electron chi connectivity index (χ3n) is 2.01. The van der Waals surface area contributed by atoms with Gasteiger partial charge in [0.2, 0.25) is 5.82 Å². The lowest BCUT2D eigenvalue weighted by Gasteiger charge is -2.14. The number of halogens is 1. The summed E-state index contributed by atoms with van der Waals surface area (Å²) in [5.41, 5.74) is 6.29. The molecule has 4 heteroatoms. The van der Waals surface area contributed by atoms with Crippen LogP contribution in [0.15, 0.2) is 12.1 Å². The summed E-state index contributed by atoms with van der Waals surface area (Å²) in [5, 5.41) is 0. The van der Waals surface area contributed by atoms with Crippen molar-refractivity contribution in [2.75, 3.05) is 14.2 Å². The molecule has 0 saturated heterocycles. The number of methoxy groups -OCH3 is 2. The van der Waals surface area contributed by atoms with Crippen molar-refractivity contribution in [2.45, 2.75) is 13.0 Å². The van der Waals surface area contributed by atoms with E-state index in [1.165, 1.54) is 20.3 Å². The van der Waals surface area contributed by atoms with E-state index in [1.54, 1.807) is 13.0 Å². The van der Waals surface area contributed by atoms with Crippen LogP contribution in [0, 0.1) is 5.82 Å². The molecule has 0 bridgehead atoms. The summed E-state index contributed by atoms with van der Waals surface area (Å²) in [4.78, 5) is 0. The van der Waals surface area contributed by atoms with E-state index in [1.807, 2.05) is 0 Å². The molecule has 0 fully saturated rings. The Morgan fingerprint density at radius 2 is 1.93 bits per heavy atom. The highest BCUT2D eigenvalue weighted by Gasteiger charge is 2.16. The van der Waals surface area contributed by atoms with Crippen LogP contribution in [-0.4, -0.2) is 14.2 Å². The largest absolute Gasteiger partial charge is 0.494 e. The van der Waals surface area contributed by atoms with Crippen LogP contribution in [0.2, 0.25) is 0 Å². The van der Waals surface area contributed by atoms with Gasteiger partial charge in [0, 0.05) is 11.6 Å². The lowest BCUT2D eigenvalue weighted by atomic mass is 10.1. The Labute approximate surface area is 82.6 Å². The van der Waals surface area contributed by atoms with E-state index in [0.29, 0.717) is 5.56 Å². The molecule has 0 amide bonds. The van der Waals surface area contributed by atoms with Gasteiger partial charge in [-0.05, 0) is 19.1 Å². The van der Waals surface area contributed by atoms with Crippen LogP contribution in [0.3, 0.4) is 0 Å². The molecule has 0 aliphatic rings. The summed E-state index contributed by atoms with van der Waals surface area (Å²) in [6.07, 6.45) is 0. The highest BCUT2D eigenvalue weighted by molar-refractivity contribution is 5.44. The van der Waals surface area contributed by atoms with Crippen molar-refractivity contribution >= 4 is 0 Å². The summed E-state index contributed by atoms with van der Waals surface area (Å²) in [5.74, 6) is -0.199. The molecule has 3 nitrogen and oxygen atoms in total. The smallest absolute Gasteiger partial charge is 0.207 e. The van der Waals surface area contributed by atoms with Crippen molar-refractivity contribution in [3.05, 3.63) is 23.5 Å². The quantitative estimate of drug-likeness (QED) is 0.808. The van der Waals surface area contributed by atoms with Crippen molar-refractivity contribution in [1.29, 1.82) is 0 Å². The lowest BCUT2D eigenvalue weighted by molar-refractivity contribution is 0.346. The Morgan fingerprint density at radius 1 is 1.29 bits per heavy atom. The van der Waals surface area contributed by atoms with Gasteiger partial charge in [0.1, 0.15) is 0 Å². The number of nitrogens with two attached hydrogens (primary N) is 1. The topological polar surface area (TPSA) is 44.5 Å². The summed E-state index contributed by atoms with van der Waals surface area (Å²) in [6, 6.07) is 2.97. The Kier molecular flexibility index (Phi) is 3.30. The number of benzene rings is 1. The van der Waals surface area contributed by atoms with Crippen LogP contribution < -0.4 is 15.2 Å². The maximum Gasteiger partial charge on any atom is 0.207 e. The first-order valence-corrected chi connectivity index (χ1v) is 4.27. The molecule has 78 valence electrons. The summed E-state index contributed by atoms with van der Waals surface area (Å²) in [6.45, 7) is 1.77. The molecule has 0 radical (unpaired) electrons. The zero-order valence-corrected chi connectivity index (χ0v) is 8.50. The van der Waals surface area contributed by atoms with E-state index < -0.39 is 5.82 Å². The molecule has 2 N–H and O–H groups in total. The Bertz CT molecular complexity index is 326. The molecular weight excluding hydrogens is 185 g/mol. The first-order chi connectivity index (χ1) is 6.61. The van der Waals surface area contributed by atoms with E-state index in [0.717, 1.165) is 0 Å². The summed E-state index contributed by atoms with van der Waals surface area (Å²) < 4.78 is 23.4. The molecule has 14 heavy (non-hydrogen) atoms. The van der Waals surface area contributed by atoms with Crippen molar-refractivity contribution in [1.82, 2.24) is 0 Å². The third kappa shape index (κ3) is 1.80. The number of rotatable bonds is 3. The van der Waals surface area contributed by atoms with E-state index in [-0.39, 0.29) is 17.5 Å². The average molecular weight is 199 g/mol. The second kappa shape index (κ2) is 4.28. The van der Waals surface area contributed by atoms with Gasteiger partial charge in [-0.2, -0.15) is 4.39 Å². The predicted octanol–water partition coefficient (Wildman–Crippen LogP) is 1.86. The Morgan fingerprint density at radius 3 is 2.36 bits per heavy atom. The van der Waals surface area contributed by atoms with Crippen LogP contribution >= 0.6 is 0 Å². The second-order valence-electron chi connectivity index (χ2n) is 2.99. The van der Waals surface area contributed by atoms with E-state index in [4.69, 9.17) is 15.2 Å². The number of hydrogen-bond donors (Lipinski definition) is 1. The summed E-state index contributed by atoms with van der Waals surface area (Å²) in [7, 11) is 2.81. The zero-order valence-electron chi connectivity index (χ0n) is 8.50. The fraction of sp³-hybridized carbons (Fsp3) is 0.400. The van der Waals surface area contributed by atoms with Gasteiger partial charge < -0.3 is 15.2 Å². The molecule has 0 spiro atoms. The van der Waals surface area contributed by atoms with Gasteiger partial charge in [-0.15, -0.1) is 0 Å². The van der Waals surface area contributed by atoms with Crippen molar-refractivity contribution in [2.24, 2.45) is 5.73 Å². The van der Waals surface area contributed by atoms with Gasteiger partial charge in [-0.1, -0.05) is 0 Å². The van der Waals surface area contributed by atoms with Crippen LogP contribution in [0.5, 0.6) is 11.5 Å². The first-order valence-electron chi connectivity index (χ1n) is 4.27. The highest BCUT2D eigenvalue weighted by atomic mass is 19.1. The minimum absolute atomic E-state index is 0.152. The third-order valence-corrected chi connectivity index (χ3v) is 2.01. The average Bonchev–Trinajstić information content (AvgIpc) is 2.17. The maximum atomic E-state index is 13.6. The van der Waals surface area contributed by atoms with Gasteiger partial charge in [0.05, 0.1) is 14.2 Å². The highest BCUT2D eigenvalue weighted by Crippen LogP contribution is 2.32. The van der Waals surface area contributed by atoms with Crippen LogP contribution in [-0.2, 0) is 0 Å². The standard InChI is InChI=1S/C10H14FNO2/c1-6(12)7-4-5-8(13-2)9(11)10(7)14-3/h4-6H,12H2,1-3H3. The molecule has 0 saturated carbocycles. The van der Waals surface area contributed by atoms with E-state index in [2.05, 4.69) is 0 Å². The zero-order chi connectivity index (χ0) is 10.7.